The minimum absolute atomic E-state index is 0.0211. The van der Waals surface area contributed by atoms with Gasteiger partial charge in [-0.1, -0.05) is 53.6 Å². The molecule has 0 unspecified atom stereocenters. The number of fused-ring (bicyclic) bond motifs is 1. The summed E-state index contributed by atoms with van der Waals surface area (Å²) in [6.07, 6.45) is 1.61. The van der Waals surface area contributed by atoms with Crippen molar-refractivity contribution in [1.29, 1.82) is 0 Å². The molecule has 1 N–H and O–H groups in total. The van der Waals surface area contributed by atoms with Crippen molar-refractivity contribution < 1.29 is 4.79 Å². The van der Waals surface area contributed by atoms with Crippen LogP contribution in [0.15, 0.2) is 66.7 Å². The predicted octanol–water partition coefficient (Wildman–Crippen LogP) is 5.72. The zero-order chi connectivity index (χ0) is 21.8. The van der Waals surface area contributed by atoms with E-state index in [9.17, 15) is 4.79 Å². The fourth-order valence-electron chi connectivity index (χ4n) is 3.88. The lowest BCUT2D eigenvalue weighted by molar-refractivity contribution is 0.0952. The molecule has 4 nitrogen and oxygen atoms in total. The van der Waals surface area contributed by atoms with Gasteiger partial charge in [-0.25, -0.2) is 4.98 Å². The van der Waals surface area contributed by atoms with Crippen LogP contribution in [0.3, 0.4) is 0 Å². The number of hydrogen-bond acceptors (Lipinski definition) is 2. The van der Waals surface area contributed by atoms with Crippen molar-refractivity contribution in [2.45, 2.75) is 33.2 Å². The van der Waals surface area contributed by atoms with Gasteiger partial charge in [-0.2, -0.15) is 0 Å². The number of nitrogens with one attached hydrogen (secondary N) is 1. The van der Waals surface area contributed by atoms with Crippen molar-refractivity contribution >= 4 is 28.5 Å². The van der Waals surface area contributed by atoms with Crippen LogP contribution in [0.25, 0.3) is 11.0 Å². The second-order valence-electron chi connectivity index (χ2n) is 7.91. The number of aryl methyl sites for hydroxylation is 3. The number of imidazole rings is 1. The first-order chi connectivity index (χ1) is 15.0. The van der Waals surface area contributed by atoms with Gasteiger partial charge in [-0.3, -0.25) is 4.79 Å². The van der Waals surface area contributed by atoms with Crippen molar-refractivity contribution in [2.75, 3.05) is 6.54 Å². The van der Waals surface area contributed by atoms with Crippen molar-refractivity contribution in [3.8, 4) is 0 Å². The van der Waals surface area contributed by atoms with Crippen LogP contribution in [0, 0.1) is 13.8 Å². The summed E-state index contributed by atoms with van der Waals surface area (Å²) in [6.45, 7) is 5.35. The summed E-state index contributed by atoms with van der Waals surface area (Å²) < 4.78 is 2.25. The van der Waals surface area contributed by atoms with Gasteiger partial charge in [0.25, 0.3) is 5.91 Å². The molecule has 1 aromatic heterocycles. The summed E-state index contributed by atoms with van der Waals surface area (Å²) in [4.78, 5) is 17.4. The summed E-state index contributed by atoms with van der Waals surface area (Å²) in [6, 6.07) is 22.0. The molecule has 5 heteroatoms. The Morgan fingerprint density at radius 1 is 1.03 bits per heavy atom. The topological polar surface area (TPSA) is 46.9 Å². The lowest BCUT2D eigenvalue weighted by Crippen LogP contribution is -2.25. The van der Waals surface area contributed by atoms with Gasteiger partial charge in [0, 0.05) is 30.1 Å². The highest BCUT2D eigenvalue weighted by molar-refractivity contribution is 6.30. The molecular formula is C26H26ClN3O. The SMILES string of the molecule is Cc1ccc(C(=O)NCCCc2nc3ccccc3n2Cc2ccc(Cl)cc2)c(C)c1. The summed E-state index contributed by atoms with van der Waals surface area (Å²) in [7, 11) is 0. The molecule has 0 aliphatic rings. The molecule has 0 saturated heterocycles. The van der Waals surface area contributed by atoms with Crippen molar-refractivity contribution in [1.82, 2.24) is 14.9 Å². The Labute approximate surface area is 187 Å². The summed E-state index contributed by atoms with van der Waals surface area (Å²) in [5.41, 5.74) is 6.19. The Kier molecular flexibility index (Phi) is 6.38. The van der Waals surface area contributed by atoms with Gasteiger partial charge >= 0.3 is 0 Å². The van der Waals surface area contributed by atoms with E-state index in [1.807, 2.05) is 74.5 Å². The number of carbonyl (C=O) groups excluding carboxylic acids is 1. The molecule has 0 aliphatic heterocycles. The molecule has 0 saturated carbocycles. The summed E-state index contributed by atoms with van der Waals surface area (Å²) in [5.74, 6) is 1.00. The molecule has 158 valence electrons. The Balaban J connectivity index is 1.44. The van der Waals surface area contributed by atoms with Gasteiger partial charge < -0.3 is 9.88 Å². The maximum Gasteiger partial charge on any atom is 0.251 e. The molecule has 31 heavy (non-hydrogen) atoms. The first kappa shape index (κ1) is 21.1. The van der Waals surface area contributed by atoms with Crippen molar-refractivity contribution in [3.05, 3.63) is 99.8 Å². The Bertz CT molecular complexity index is 1210. The zero-order valence-electron chi connectivity index (χ0n) is 17.9. The molecule has 1 amide bonds. The minimum Gasteiger partial charge on any atom is -0.352 e. The minimum atomic E-state index is -0.0211. The lowest BCUT2D eigenvalue weighted by atomic mass is 10.1. The van der Waals surface area contributed by atoms with E-state index in [0.29, 0.717) is 6.54 Å². The van der Waals surface area contributed by atoms with Crippen LogP contribution >= 0.6 is 11.6 Å². The quantitative estimate of drug-likeness (QED) is 0.380. The first-order valence-electron chi connectivity index (χ1n) is 10.6. The van der Waals surface area contributed by atoms with E-state index in [4.69, 9.17) is 16.6 Å². The van der Waals surface area contributed by atoms with E-state index in [1.165, 1.54) is 5.56 Å². The van der Waals surface area contributed by atoms with Gasteiger partial charge in [0.05, 0.1) is 11.0 Å². The largest absolute Gasteiger partial charge is 0.352 e. The van der Waals surface area contributed by atoms with Gasteiger partial charge in [0.15, 0.2) is 0 Å². The second kappa shape index (κ2) is 9.36. The van der Waals surface area contributed by atoms with Crippen molar-refractivity contribution in [2.24, 2.45) is 0 Å². The number of carbonyl (C=O) groups is 1. The van der Waals surface area contributed by atoms with E-state index in [1.54, 1.807) is 0 Å². The fourth-order valence-corrected chi connectivity index (χ4v) is 4.00. The Morgan fingerprint density at radius 3 is 2.58 bits per heavy atom. The van der Waals surface area contributed by atoms with E-state index in [-0.39, 0.29) is 5.91 Å². The third kappa shape index (κ3) is 4.97. The molecule has 0 radical (unpaired) electrons. The number of hydrogen-bond donors (Lipinski definition) is 1. The van der Waals surface area contributed by atoms with Crippen molar-refractivity contribution in [3.63, 3.8) is 0 Å². The molecule has 4 rings (SSSR count). The van der Waals surface area contributed by atoms with Crippen LogP contribution in [0.1, 0.15) is 39.3 Å². The molecule has 0 fully saturated rings. The van der Waals surface area contributed by atoms with Crippen LogP contribution in [-0.2, 0) is 13.0 Å². The monoisotopic (exact) mass is 431 g/mol. The smallest absolute Gasteiger partial charge is 0.251 e. The summed E-state index contributed by atoms with van der Waals surface area (Å²) >= 11 is 6.04. The van der Waals surface area contributed by atoms with Gasteiger partial charge in [-0.05, 0) is 61.7 Å². The number of amides is 1. The summed E-state index contributed by atoms with van der Waals surface area (Å²) in [5, 5.41) is 3.78. The maximum absolute atomic E-state index is 12.5. The van der Waals surface area contributed by atoms with Gasteiger partial charge in [0.2, 0.25) is 0 Å². The van der Waals surface area contributed by atoms with Crippen LogP contribution < -0.4 is 5.32 Å². The average Bonchev–Trinajstić information content (AvgIpc) is 3.10. The standard InChI is InChI=1S/C26H26ClN3O/c1-18-9-14-22(19(2)16-18)26(31)28-15-5-8-25-29-23-6-3-4-7-24(23)30(25)17-20-10-12-21(27)13-11-20/h3-4,6-7,9-14,16H,5,8,15,17H2,1-2H3,(H,28,31). The fraction of sp³-hybridized carbons (Fsp3) is 0.231. The van der Waals surface area contributed by atoms with Crippen LogP contribution in [0.2, 0.25) is 5.02 Å². The maximum atomic E-state index is 12.5. The molecule has 0 atom stereocenters. The van der Waals surface area contributed by atoms with Crippen LogP contribution in [-0.4, -0.2) is 22.0 Å². The molecule has 0 bridgehead atoms. The highest BCUT2D eigenvalue weighted by atomic mass is 35.5. The van der Waals surface area contributed by atoms with E-state index in [2.05, 4.69) is 16.0 Å². The number of aromatic nitrogens is 2. The molecule has 0 spiro atoms. The number of nitrogens with zero attached hydrogens (tertiary/aromatic N) is 2. The predicted molar refractivity (Wildman–Crippen MR) is 127 cm³/mol. The number of halogens is 1. The molecule has 3 aromatic carbocycles. The number of para-hydroxylation sites is 2. The molecule has 0 aliphatic carbocycles. The molecule has 1 heterocycles. The van der Waals surface area contributed by atoms with Crippen LogP contribution in [0.4, 0.5) is 0 Å². The lowest BCUT2D eigenvalue weighted by Gasteiger charge is -2.11. The average molecular weight is 432 g/mol. The third-order valence-corrected chi connectivity index (χ3v) is 5.73. The highest BCUT2D eigenvalue weighted by Gasteiger charge is 2.12. The molecule has 4 aromatic rings. The third-order valence-electron chi connectivity index (χ3n) is 5.48. The van der Waals surface area contributed by atoms with Crippen LogP contribution in [0.5, 0.6) is 0 Å². The van der Waals surface area contributed by atoms with Gasteiger partial charge in [0.1, 0.15) is 5.82 Å². The van der Waals surface area contributed by atoms with E-state index >= 15 is 0 Å². The number of rotatable bonds is 7. The Morgan fingerprint density at radius 2 is 1.81 bits per heavy atom. The highest BCUT2D eigenvalue weighted by Crippen LogP contribution is 2.20. The second-order valence-corrected chi connectivity index (χ2v) is 8.34. The number of benzene rings is 3. The Hall–Kier alpha value is -3.11. The molecular weight excluding hydrogens is 406 g/mol. The van der Waals surface area contributed by atoms with E-state index < -0.39 is 0 Å². The van der Waals surface area contributed by atoms with E-state index in [0.717, 1.165) is 58.0 Å². The zero-order valence-corrected chi connectivity index (χ0v) is 18.6. The first-order valence-corrected chi connectivity index (χ1v) is 10.9. The van der Waals surface area contributed by atoms with Gasteiger partial charge in [-0.15, -0.1) is 0 Å². The normalized spacial score (nSPS) is 11.1.